The van der Waals surface area contributed by atoms with Crippen LogP contribution in [-0.2, 0) is 19.5 Å². The molecule has 0 aliphatic heterocycles. The number of hydrogen-bond acceptors (Lipinski definition) is 4. The van der Waals surface area contributed by atoms with Crippen molar-refractivity contribution in [2.75, 3.05) is 11.9 Å². The smallest absolute Gasteiger partial charge is 0.332 e. The minimum atomic E-state index is -0.567. The quantitative estimate of drug-likeness (QED) is 0.917. The lowest BCUT2D eigenvalue weighted by atomic mass is 9.96. The second kappa shape index (κ2) is 5.43. The van der Waals surface area contributed by atoms with Gasteiger partial charge >= 0.3 is 5.69 Å². The predicted octanol–water partition coefficient (Wildman–Crippen LogP) is 1.10. The largest absolute Gasteiger partial charge is 0.369 e. The third-order valence-electron chi connectivity index (χ3n) is 4.61. The van der Waals surface area contributed by atoms with Crippen molar-refractivity contribution in [3.8, 4) is 6.07 Å². The van der Waals surface area contributed by atoms with E-state index in [-0.39, 0.29) is 11.0 Å². The third-order valence-corrected chi connectivity index (χ3v) is 4.61. The summed E-state index contributed by atoms with van der Waals surface area (Å²) in [6.07, 6.45) is 2.09. The lowest BCUT2D eigenvalue weighted by Crippen LogP contribution is -2.40. The molecule has 0 saturated heterocycles. The lowest BCUT2D eigenvalue weighted by molar-refractivity contribution is 0.671. The zero-order valence-electron chi connectivity index (χ0n) is 13.2. The van der Waals surface area contributed by atoms with Crippen molar-refractivity contribution in [2.45, 2.75) is 18.3 Å². The first-order chi connectivity index (χ1) is 11.0. The molecule has 1 fully saturated rings. The van der Waals surface area contributed by atoms with Crippen LogP contribution in [0.4, 0.5) is 5.82 Å². The molecule has 0 bridgehead atoms. The maximum atomic E-state index is 12.1. The number of nitriles is 1. The van der Waals surface area contributed by atoms with Crippen molar-refractivity contribution < 1.29 is 0 Å². The first kappa shape index (κ1) is 15.1. The number of anilines is 1. The molecule has 0 spiro atoms. The Labute approximate surface area is 133 Å². The van der Waals surface area contributed by atoms with E-state index in [0.29, 0.717) is 12.4 Å². The Morgan fingerprint density at radius 3 is 2.39 bits per heavy atom. The summed E-state index contributed by atoms with van der Waals surface area (Å²) < 4.78 is 2.27. The normalized spacial score (nSPS) is 15.0. The molecule has 0 unspecified atom stereocenters. The molecule has 6 heteroatoms. The third kappa shape index (κ3) is 2.44. The first-order valence-corrected chi connectivity index (χ1v) is 7.50. The van der Waals surface area contributed by atoms with E-state index in [9.17, 15) is 14.9 Å². The highest BCUT2D eigenvalue weighted by Crippen LogP contribution is 2.48. The van der Waals surface area contributed by atoms with Gasteiger partial charge in [-0.1, -0.05) is 30.3 Å². The highest BCUT2D eigenvalue weighted by Gasteiger charge is 2.44. The summed E-state index contributed by atoms with van der Waals surface area (Å²) in [6.45, 7) is 0.589. The molecule has 1 saturated carbocycles. The fraction of sp³-hybridized carbons (Fsp3) is 0.353. The summed E-state index contributed by atoms with van der Waals surface area (Å²) in [6, 6.07) is 12.1. The van der Waals surface area contributed by atoms with Crippen molar-refractivity contribution in [3.05, 3.63) is 62.3 Å². The highest BCUT2D eigenvalue weighted by atomic mass is 16.2. The fourth-order valence-electron chi connectivity index (χ4n) is 2.91. The standard InChI is InChI=1S/C17H18N4O2/c1-20-14(13(10-18)15(22)21(2)16(20)23)19-11-17(8-9-17)12-6-4-3-5-7-12/h3-7,19H,8-9,11H2,1-2H3. The highest BCUT2D eigenvalue weighted by molar-refractivity contribution is 5.52. The molecule has 6 nitrogen and oxygen atoms in total. The van der Waals surface area contributed by atoms with Crippen LogP contribution in [0.2, 0.25) is 0 Å². The van der Waals surface area contributed by atoms with Crippen LogP contribution in [0.1, 0.15) is 24.0 Å². The second-order valence-corrected chi connectivity index (χ2v) is 6.04. The van der Waals surface area contributed by atoms with Gasteiger partial charge in [-0.15, -0.1) is 0 Å². The zero-order valence-corrected chi connectivity index (χ0v) is 13.2. The van der Waals surface area contributed by atoms with Crippen LogP contribution in [0.15, 0.2) is 39.9 Å². The number of nitrogens with one attached hydrogen (secondary N) is 1. The summed E-state index contributed by atoms with van der Waals surface area (Å²) >= 11 is 0. The van der Waals surface area contributed by atoms with Crippen LogP contribution in [0.5, 0.6) is 0 Å². The Bertz CT molecular complexity index is 899. The van der Waals surface area contributed by atoms with Gasteiger partial charge in [-0.25, -0.2) is 4.79 Å². The van der Waals surface area contributed by atoms with Gasteiger partial charge in [0.05, 0.1) is 0 Å². The number of aromatic nitrogens is 2. The van der Waals surface area contributed by atoms with Gasteiger partial charge in [-0.05, 0) is 18.4 Å². The van der Waals surface area contributed by atoms with E-state index in [1.807, 2.05) is 24.3 Å². The van der Waals surface area contributed by atoms with Gasteiger partial charge in [0.25, 0.3) is 5.56 Å². The summed E-state index contributed by atoms with van der Waals surface area (Å²) in [7, 11) is 2.94. The predicted molar refractivity (Wildman–Crippen MR) is 87.5 cm³/mol. The zero-order chi connectivity index (χ0) is 16.6. The maximum absolute atomic E-state index is 12.1. The molecule has 2 aromatic rings. The number of rotatable bonds is 4. The van der Waals surface area contributed by atoms with Gasteiger partial charge in [-0.2, -0.15) is 5.26 Å². The molecular formula is C17H18N4O2. The Morgan fingerprint density at radius 2 is 1.83 bits per heavy atom. The molecule has 0 radical (unpaired) electrons. The summed E-state index contributed by atoms with van der Waals surface area (Å²) in [4.78, 5) is 24.2. The second-order valence-electron chi connectivity index (χ2n) is 6.04. The van der Waals surface area contributed by atoms with E-state index < -0.39 is 11.2 Å². The van der Waals surface area contributed by atoms with Crippen LogP contribution in [-0.4, -0.2) is 15.7 Å². The summed E-state index contributed by atoms with van der Waals surface area (Å²) in [5.41, 5.74) is 0.215. The van der Waals surface area contributed by atoms with Gasteiger partial charge in [0, 0.05) is 26.1 Å². The van der Waals surface area contributed by atoms with Crippen LogP contribution >= 0.6 is 0 Å². The number of hydrogen-bond donors (Lipinski definition) is 1. The number of nitrogens with zero attached hydrogens (tertiary/aromatic N) is 3. The molecule has 1 N–H and O–H groups in total. The van der Waals surface area contributed by atoms with Crippen molar-refractivity contribution in [1.29, 1.82) is 5.26 Å². The van der Waals surface area contributed by atoms with Crippen molar-refractivity contribution >= 4 is 5.82 Å². The molecule has 1 aromatic carbocycles. The van der Waals surface area contributed by atoms with E-state index in [2.05, 4.69) is 17.4 Å². The molecule has 0 amide bonds. The Kier molecular flexibility index (Phi) is 3.57. The van der Waals surface area contributed by atoms with E-state index >= 15 is 0 Å². The minimum Gasteiger partial charge on any atom is -0.369 e. The Hall–Kier alpha value is -2.81. The van der Waals surface area contributed by atoms with Crippen LogP contribution in [0.25, 0.3) is 0 Å². The molecule has 1 heterocycles. The van der Waals surface area contributed by atoms with Crippen LogP contribution in [0.3, 0.4) is 0 Å². The van der Waals surface area contributed by atoms with Gasteiger partial charge in [0.2, 0.25) is 0 Å². The fourth-order valence-corrected chi connectivity index (χ4v) is 2.91. The van der Waals surface area contributed by atoms with Gasteiger partial charge in [-0.3, -0.25) is 13.9 Å². The van der Waals surface area contributed by atoms with Crippen molar-refractivity contribution in [2.24, 2.45) is 14.1 Å². The molecule has 1 aliphatic carbocycles. The minimum absolute atomic E-state index is 0.0190. The molecule has 1 aromatic heterocycles. The van der Waals surface area contributed by atoms with E-state index in [0.717, 1.165) is 17.4 Å². The van der Waals surface area contributed by atoms with Gasteiger partial charge < -0.3 is 5.32 Å². The average molecular weight is 310 g/mol. The van der Waals surface area contributed by atoms with E-state index in [1.165, 1.54) is 17.2 Å². The monoisotopic (exact) mass is 310 g/mol. The SMILES string of the molecule is Cn1c(NCC2(c3ccccc3)CC2)c(C#N)c(=O)n(C)c1=O. The molecule has 3 rings (SSSR count). The molecule has 0 atom stereocenters. The molecule has 1 aliphatic rings. The van der Waals surface area contributed by atoms with E-state index in [4.69, 9.17) is 0 Å². The molecule has 23 heavy (non-hydrogen) atoms. The van der Waals surface area contributed by atoms with Gasteiger partial charge in [0.15, 0.2) is 5.56 Å². The average Bonchev–Trinajstić information content (AvgIpc) is 3.37. The van der Waals surface area contributed by atoms with Gasteiger partial charge in [0.1, 0.15) is 11.9 Å². The van der Waals surface area contributed by atoms with Crippen molar-refractivity contribution in [3.63, 3.8) is 0 Å². The Balaban J connectivity index is 1.95. The topological polar surface area (TPSA) is 79.8 Å². The number of benzene rings is 1. The first-order valence-electron chi connectivity index (χ1n) is 7.50. The van der Waals surface area contributed by atoms with Crippen molar-refractivity contribution in [1.82, 2.24) is 9.13 Å². The van der Waals surface area contributed by atoms with E-state index in [1.54, 1.807) is 7.05 Å². The summed E-state index contributed by atoms with van der Waals surface area (Å²) in [5.74, 6) is 0.294. The molecular weight excluding hydrogens is 292 g/mol. The molecule has 118 valence electrons. The Morgan fingerprint density at radius 1 is 1.17 bits per heavy atom. The lowest BCUT2D eigenvalue weighted by Gasteiger charge is -2.19. The van der Waals surface area contributed by atoms with Crippen LogP contribution < -0.4 is 16.6 Å². The summed E-state index contributed by atoms with van der Waals surface area (Å²) in [5, 5.41) is 12.5. The van der Waals surface area contributed by atoms with Crippen LogP contribution in [0, 0.1) is 11.3 Å². The maximum Gasteiger partial charge on any atom is 0.332 e.